The normalized spacial score (nSPS) is 21.9. The number of halogens is 3. The molecule has 1 N–H and O–H groups in total. The molecule has 2 atom stereocenters. The minimum atomic E-state index is -4.47. The molecule has 2 aliphatic rings. The fourth-order valence-electron chi connectivity index (χ4n) is 3.52. The van der Waals surface area contributed by atoms with Gasteiger partial charge in [-0.05, 0) is 25.3 Å². The number of hydrogen-bond donors (Lipinski definition) is 1. The maximum Gasteiger partial charge on any atom is 0.430 e. The van der Waals surface area contributed by atoms with Gasteiger partial charge in [0, 0.05) is 30.4 Å². The van der Waals surface area contributed by atoms with Crippen molar-refractivity contribution >= 4 is 5.78 Å². The van der Waals surface area contributed by atoms with Crippen LogP contribution in [0, 0.1) is 5.41 Å². The zero-order valence-electron chi connectivity index (χ0n) is 16.1. The number of nitrogens with zero attached hydrogens (tertiary/aromatic N) is 1. The molecule has 0 saturated heterocycles. The molecule has 0 aromatic rings. The molecule has 0 aromatic carbocycles. The van der Waals surface area contributed by atoms with E-state index in [1.807, 2.05) is 32.6 Å². The van der Waals surface area contributed by atoms with Crippen LogP contribution in [0.25, 0.3) is 0 Å². The first-order chi connectivity index (χ1) is 11.9. The molecule has 146 valence electrons. The summed E-state index contributed by atoms with van der Waals surface area (Å²) < 4.78 is 44.7. The fraction of sp³-hybridized carbons (Fsp3) is 0.632. The predicted octanol–water partition coefficient (Wildman–Crippen LogP) is 3.92. The van der Waals surface area contributed by atoms with Gasteiger partial charge in [0.15, 0.2) is 5.78 Å². The summed E-state index contributed by atoms with van der Waals surface area (Å²) in [5.74, 6) is -0.0518. The van der Waals surface area contributed by atoms with Gasteiger partial charge in [0.25, 0.3) is 0 Å². The van der Waals surface area contributed by atoms with Crippen LogP contribution in [0.15, 0.2) is 34.7 Å². The number of carbonyl (C=O) groups is 1. The van der Waals surface area contributed by atoms with E-state index in [0.29, 0.717) is 29.9 Å². The smallest absolute Gasteiger partial charge is 0.383 e. The van der Waals surface area contributed by atoms with E-state index in [-0.39, 0.29) is 17.2 Å². The lowest BCUT2D eigenvalue weighted by molar-refractivity contribution is -0.117. The minimum Gasteiger partial charge on any atom is -0.383 e. The van der Waals surface area contributed by atoms with Crippen molar-refractivity contribution in [1.82, 2.24) is 10.2 Å². The molecule has 0 aromatic heterocycles. The summed E-state index contributed by atoms with van der Waals surface area (Å²) in [5, 5.41) is 2.57. The number of methoxy groups -OCH3 is 1. The number of carbonyl (C=O) groups excluding carboxylic acids is 1. The Kier molecular flexibility index (Phi) is 5.61. The molecule has 2 aliphatic heterocycles. The maximum absolute atomic E-state index is 13.2. The molecule has 7 heteroatoms. The van der Waals surface area contributed by atoms with Crippen LogP contribution in [-0.2, 0) is 9.53 Å². The Morgan fingerprint density at radius 2 is 1.92 bits per heavy atom. The SMILES string of the molecule is COCC(C)N1C(C)=C(C(=O)CC(C)(C)C)C2=CC=C(C(F)(F)F)NC21. The highest BCUT2D eigenvalue weighted by Crippen LogP contribution is 2.40. The van der Waals surface area contributed by atoms with Crippen molar-refractivity contribution in [3.05, 3.63) is 34.7 Å². The summed E-state index contributed by atoms with van der Waals surface area (Å²) in [7, 11) is 1.55. The molecular weight excluding hydrogens is 345 g/mol. The fourth-order valence-corrected chi connectivity index (χ4v) is 3.52. The van der Waals surface area contributed by atoms with Crippen molar-refractivity contribution in [2.24, 2.45) is 5.41 Å². The molecule has 2 unspecified atom stereocenters. The number of Topliss-reactive ketones (excluding diaryl/α,β-unsaturated/α-hetero) is 1. The molecule has 0 amide bonds. The number of ether oxygens (including phenoxy) is 1. The second kappa shape index (κ2) is 7.10. The van der Waals surface area contributed by atoms with Crippen molar-refractivity contribution in [3.8, 4) is 0 Å². The molecule has 2 heterocycles. The summed E-state index contributed by atoms with van der Waals surface area (Å²) in [4.78, 5) is 14.7. The highest BCUT2D eigenvalue weighted by Gasteiger charge is 2.45. The largest absolute Gasteiger partial charge is 0.430 e. The van der Waals surface area contributed by atoms with Crippen molar-refractivity contribution in [1.29, 1.82) is 0 Å². The number of rotatable bonds is 5. The number of fused-ring (bicyclic) bond motifs is 1. The van der Waals surface area contributed by atoms with Crippen LogP contribution < -0.4 is 5.32 Å². The van der Waals surface area contributed by atoms with Crippen LogP contribution in [0.4, 0.5) is 13.2 Å². The van der Waals surface area contributed by atoms with Gasteiger partial charge in [-0.25, -0.2) is 0 Å². The number of dihydropyridines is 1. The van der Waals surface area contributed by atoms with E-state index < -0.39 is 18.0 Å². The van der Waals surface area contributed by atoms with Crippen LogP contribution in [0.2, 0.25) is 0 Å². The van der Waals surface area contributed by atoms with Gasteiger partial charge in [-0.1, -0.05) is 26.8 Å². The van der Waals surface area contributed by atoms with E-state index in [0.717, 1.165) is 6.08 Å². The standard InChI is InChI=1S/C19H27F3N2O2/c1-11(10-26-6)24-12(2)16(14(25)9-18(3,4)5)13-7-8-15(19(20,21)22)23-17(13)24/h7-8,11,17,23H,9-10H2,1-6H3. The van der Waals surface area contributed by atoms with E-state index in [9.17, 15) is 18.0 Å². The third-order valence-electron chi connectivity index (χ3n) is 4.49. The second-order valence-electron chi connectivity index (χ2n) is 8.08. The van der Waals surface area contributed by atoms with Crippen molar-refractivity contribution in [3.63, 3.8) is 0 Å². The first-order valence-corrected chi connectivity index (χ1v) is 8.64. The maximum atomic E-state index is 13.2. The van der Waals surface area contributed by atoms with Crippen LogP contribution in [0.1, 0.15) is 41.0 Å². The Hall–Kier alpha value is -1.76. The van der Waals surface area contributed by atoms with Crippen LogP contribution >= 0.6 is 0 Å². The lowest BCUT2D eigenvalue weighted by Gasteiger charge is -2.37. The number of allylic oxidation sites excluding steroid dienone is 4. The van der Waals surface area contributed by atoms with Gasteiger partial charge in [0.1, 0.15) is 11.9 Å². The highest BCUT2D eigenvalue weighted by atomic mass is 19.4. The molecule has 0 fully saturated rings. The molecule has 2 rings (SSSR count). The number of hydrogen-bond acceptors (Lipinski definition) is 4. The van der Waals surface area contributed by atoms with Crippen molar-refractivity contribution in [2.75, 3.05) is 13.7 Å². The van der Waals surface area contributed by atoms with E-state index in [1.54, 1.807) is 14.0 Å². The van der Waals surface area contributed by atoms with E-state index >= 15 is 0 Å². The number of nitrogens with one attached hydrogen (secondary N) is 1. The Morgan fingerprint density at radius 3 is 2.42 bits per heavy atom. The molecule has 0 saturated carbocycles. The van der Waals surface area contributed by atoms with Gasteiger partial charge in [-0.2, -0.15) is 13.2 Å². The molecule has 0 radical (unpaired) electrons. The summed E-state index contributed by atoms with van der Waals surface area (Å²) in [6.07, 6.45) is -2.44. The monoisotopic (exact) mass is 372 g/mol. The number of ketones is 1. The third kappa shape index (κ3) is 4.14. The predicted molar refractivity (Wildman–Crippen MR) is 94.1 cm³/mol. The van der Waals surface area contributed by atoms with Gasteiger partial charge < -0.3 is 15.0 Å². The van der Waals surface area contributed by atoms with E-state index in [4.69, 9.17) is 4.74 Å². The third-order valence-corrected chi connectivity index (χ3v) is 4.49. The number of alkyl halides is 3. The zero-order valence-corrected chi connectivity index (χ0v) is 16.1. The van der Waals surface area contributed by atoms with Crippen LogP contribution in [-0.4, -0.2) is 42.8 Å². The summed E-state index contributed by atoms with van der Waals surface area (Å²) in [6, 6.07) is -0.187. The average molecular weight is 372 g/mol. The van der Waals surface area contributed by atoms with Crippen LogP contribution in [0.5, 0.6) is 0 Å². The molecule has 26 heavy (non-hydrogen) atoms. The van der Waals surface area contributed by atoms with Crippen LogP contribution in [0.3, 0.4) is 0 Å². The average Bonchev–Trinajstić information content (AvgIpc) is 2.75. The lowest BCUT2D eigenvalue weighted by atomic mass is 9.85. The Balaban J connectivity index is 2.48. The molecule has 0 spiro atoms. The first kappa shape index (κ1) is 20.6. The second-order valence-corrected chi connectivity index (χ2v) is 8.08. The quantitative estimate of drug-likeness (QED) is 0.794. The van der Waals surface area contributed by atoms with Gasteiger partial charge in [-0.3, -0.25) is 4.79 Å². The van der Waals surface area contributed by atoms with E-state index in [1.165, 1.54) is 6.08 Å². The Morgan fingerprint density at radius 1 is 1.31 bits per heavy atom. The van der Waals surface area contributed by atoms with Crippen molar-refractivity contribution < 1.29 is 22.7 Å². The van der Waals surface area contributed by atoms with Gasteiger partial charge >= 0.3 is 6.18 Å². The molecule has 4 nitrogen and oxygen atoms in total. The summed E-state index contributed by atoms with van der Waals surface area (Å²) in [6.45, 7) is 9.90. The first-order valence-electron chi connectivity index (χ1n) is 8.64. The zero-order chi connectivity index (χ0) is 19.9. The minimum absolute atomic E-state index is 0.0518. The Labute approximate surface area is 152 Å². The molecular formula is C19H27F3N2O2. The molecule has 0 aliphatic carbocycles. The van der Waals surface area contributed by atoms with Gasteiger partial charge in [0.2, 0.25) is 0 Å². The lowest BCUT2D eigenvalue weighted by Crippen LogP contribution is -2.50. The Bertz CT molecular complexity index is 669. The summed E-state index contributed by atoms with van der Waals surface area (Å²) in [5.41, 5.74) is 0.772. The van der Waals surface area contributed by atoms with Gasteiger partial charge in [0.05, 0.1) is 12.6 Å². The summed E-state index contributed by atoms with van der Waals surface area (Å²) >= 11 is 0. The van der Waals surface area contributed by atoms with Gasteiger partial charge in [-0.15, -0.1) is 0 Å². The van der Waals surface area contributed by atoms with Crippen molar-refractivity contribution in [2.45, 2.75) is 59.4 Å². The highest BCUT2D eigenvalue weighted by molar-refractivity contribution is 6.01. The topological polar surface area (TPSA) is 41.6 Å². The molecule has 0 bridgehead atoms. The van der Waals surface area contributed by atoms with E-state index in [2.05, 4.69) is 5.32 Å².